The second-order valence-corrected chi connectivity index (χ2v) is 6.07. The largest absolute Gasteiger partial charge is 0.449 e. The third kappa shape index (κ3) is 2.21. The molecule has 2 aromatic rings. The summed E-state index contributed by atoms with van der Waals surface area (Å²) >= 11 is 0. The molecule has 0 radical (unpaired) electrons. The Morgan fingerprint density at radius 1 is 1.04 bits per heavy atom. The Balaban J connectivity index is 2.10. The highest BCUT2D eigenvalue weighted by Crippen LogP contribution is 2.47. The number of carbonyl (C=O) groups excluding carboxylic acids is 1. The lowest BCUT2D eigenvalue weighted by Crippen LogP contribution is -2.52. The van der Waals surface area contributed by atoms with Gasteiger partial charge in [-0.2, -0.15) is 13.2 Å². The number of hydrogen-bond donors (Lipinski definition) is 0. The molecule has 0 amide bonds. The SMILES string of the molecule is CN1C(C(F)(F)F)=Nc2c(ccc3ccccc23)C12C=CC(=O)C=C2. The van der Waals surface area contributed by atoms with Crippen LogP contribution in [0.4, 0.5) is 18.9 Å². The van der Waals surface area contributed by atoms with Gasteiger partial charge in [0.15, 0.2) is 5.78 Å². The van der Waals surface area contributed by atoms with Crippen molar-refractivity contribution >= 4 is 28.1 Å². The molecule has 2 aromatic carbocycles. The van der Waals surface area contributed by atoms with E-state index in [0.29, 0.717) is 10.9 Å². The van der Waals surface area contributed by atoms with Gasteiger partial charge in [0.25, 0.3) is 0 Å². The van der Waals surface area contributed by atoms with Crippen LogP contribution in [0.25, 0.3) is 10.8 Å². The van der Waals surface area contributed by atoms with E-state index in [1.807, 2.05) is 18.2 Å². The lowest BCUT2D eigenvalue weighted by molar-refractivity contribution is -0.110. The fourth-order valence-electron chi connectivity index (χ4n) is 3.42. The van der Waals surface area contributed by atoms with Crippen molar-refractivity contribution in [3.8, 4) is 0 Å². The number of amidine groups is 1. The van der Waals surface area contributed by atoms with E-state index in [1.54, 1.807) is 18.2 Å². The number of hydrogen-bond acceptors (Lipinski definition) is 3. The van der Waals surface area contributed by atoms with Crippen LogP contribution in [0.15, 0.2) is 65.7 Å². The Kier molecular flexibility index (Phi) is 3.16. The molecule has 1 aliphatic heterocycles. The van der Waals surface area contributed by atoms with Crippen molar-refractivity contribution < 1.29 is 18.0 Å². The molecule has 4 rings (SSSR count). The van der Waals surface area contributed by atoms with Gasteiger partial charge in [-0.05, 0) is 29.7 Å². The van der Waals surface area contributed by atoms with Gasteiger partial charge < -0.3 is 4.90 Å². The number of rotatable bonds is 0. The maximum Gasteiger partial charge on any atom is 0.449 e. The van der Waals surface area contributed by atoms with Crippen LogP contribution in [0, 0.1) is 0 Å². The molecule has 0 bridgehead atoms. The highest BCUT2D eigenvalue weighted by Gasteiger charge is 2.49. The first-order valence-electron chi connectivity index (χ1n) is 7.67. The van der Waals surface area contributed by atoms with Gasteiger partial charge in [0, 0.05) is 18.0 Å². The van der Waals surface area contributed by atoms with Crippen molar-refractivity contribution in [3.63, 3.8) is 0 Å². The number of carbonyl (C=O) groups is 1. The molecule has 0 aromatic heterocycles. The molecule has 1 aliphatic carbocycles. The zero-order valence-electron chi connectivity index (χ0n) is 13.2. The topological polar surface area (TPSA) is 32.7 Å². The quantitative estimate of drug-likeness (QED) is 0.716. The number of benzene rings is 2. The fraction of sp³-hybridized carbons (Fsp3) is 0.158. The molecule has 2 aliphatic rings. The van der Waals surface area contributed by atoms with Gasteiger partial charge in [0.1, 0.15) is 5.54 Å². The summed E-state index contributed by atoms with van der Waals surface area (Å²) in [5.74, 6) is -1.24. The highest BCUT2D eigenvalue weighted by molar-refractivity contribution is 6.05. The Bertz CT molecular complexity index is 970. The van der Waals surface area contributed by atoms with Gasteiger partial charge in [-0.1, -0.05) is 36.4 Å². The number of ketones is 1. The number of aliphatic imine (C=N–C) groups is 1. The molecule has 0 saturated carbocycles. The predicted octanol–water partition coefficient (Wildman–Crippen LogP) is 4.27. The number of nitrogens with zero attached hydrogens (tertiary/aromatic N) is 2. The maximum atomic E-state index is 13.6. The molecular formula is C19H13F3N2O. The van der Waals surface area contributed by atoms with E-state index in [1.165, 1.54) is 31.4 Å². The van der Waals surface area contributed by atoms with Crippen LogP contribution in [-0.2, 0) is 10.3 Å². The summed E-state index contributed by atoms with van der Waals surface area (Å²) in [5, 5.41) is 1.46. The van der Waals surface area contributed by atoms with E-state index in [2.05, 4.69) is 4.99 Å². The molecule has 126 valence electrons. The maximum absolute atomic E-state index is 13.6. The van der Waals surface area contributed by atoms with Crippen molar-refractivity contribution in [2.24, 2.45) is 4.99 Å². The third-order valence-electron chi connectivity index (χ3n) is 4.68. The van der Waals surface area contributed by atoms with Crippen LogP contribution in [0.1, 0.15) is 5.56 Å². The molecule has 3 nitrogen and oxygen atoms in total. The Labute approximate surface area is 141 Å². The first-order valence-corrected chi connectivity index (χ1v) is 7.67. The second-order valence-electron chi connectivity index (χ2n) is 6.07. The lowest BCUT2D eigenvalue weighted by atomic mass is 9.81. The van der Waals surface area contributed by atoms with Gasteiger partial charge in [0.05, 0.1) is 5.69 Å². The Hall–Kier alpha value is -2.89. The van der Waals surface area contributed by atoms with Crippen molar-refractivity contribution in [1.29, 1.82) is 0 Å². The average molecular weight is 342 g/mol. The molecule has 1 spiro atoms. The molecule has 0 N–H and O–H groups in total. The van der Waals surface area contributed by atoms with Crippen LogP contribution in [0.3, 0.4) is 0 Å². The number of halogens is 3. The van der Waals surface area contributed by atoms with Crippen molar-refractivity contribution in [2.45, 2.75) is 11.7 Å². The van der Waals surface area contributed by atoms with Gasteiger partial charge in [-0.3, -0.25) is 4.79 Å². The highest BCUT2D eigenvalue weighted by atomic mass is 19.4. The lowest BCUT2D eigenvalue weighted by Gasteiger charge is -2.44. The summed E-state index contributed by atoms with van der Waals surface area (Å²) in [4.78, 5) is 16.6. The van der Waals surface area contributed by atoms with Gasteiger partial charge in [0.2, 0.25) is 5.84 Å². The molecule has 0 atom stereocenters. The predicted molar refractivity (Wildman–Crippen MR) is 89.8 cm³/mol. The van der Waals surface area contributed by atoms with Crippen molar-refractivity contribution in [2.75, 3.05) is 7.05 Å². The monoisotopic (exact) mass is 342 g/mol. The van der Waals surface area contributed by atoms with Gasteiger partial charge in [-0.15, -0.1) is 0 Å². The van der Waals surface area contributed by atoms with Crippen LogP contribution < -0.4 is 0 Å². The smallest absolute Gasteiger partial charge is 0.339 e. The van der Waals surface area contributed by atoms with Crippen LogP contribution in [-0.4, -0.2) is 29.7 Å². The standard InChI is InChI=1S/C19H13F3N2O/c1-24-17(19(20,21)22)23-16-14-5-3-2-4-12(14)6-7-15(16)18(24)10-8-13(25)9-11-18/h2-11H,1H3. The van der Waals surface area contributed by atoms with Crippen LogP contribution in [0.5, 0.6) is 0 Å². The third-order valence-corrected chi connectivity index (χ3v) is 4.68. The number of allylic oxidation sites excluding steroid dienone is 2. The molecule has 6 heteroatoms. The summed E-state index contributed by atoms with van der Waals surface area (Å²) in [6.07, 6.45) is 0.996. The summed E-state index contributed by atoms with van der Waals surface area (Å²) in [6.45, 7) is 0. The minimum Gasteiger partial charge on any atom is -0.339 e. The Morgan fingerprint density at radius 2 is 1.72 bits per heavy atom. The van der Waals surface area contributed by atoms with Crippen molar-refractivity contribution in [1.82, 2.24) is 4.90 Å². The molecular weight excluding hydrogens is 329 g/mol. The summed E-state index contributed by atoms with van der Waals surface area (Å²) < 4.78 is 40.8. The molecule has 0 unspecified atom stereocenters. The summed E-state index contributed by atoms with van der Waals surface area (Å²) in [5.41, 5.74) is -0.297. The second kappa shape index (κ2) is 5.05. The zero-order chi connectivity index (χ0) is 17.8. The van der Waals surface area contributed by atoms with E-state index in [4.69, 9.17) is 0 Å². The minimum absolute atomic E-state index is 0.252. The van der Waals surface area contributed by atoms with Crippen LogP contribution >= 0.6 is 0 Å². The van der Waals surface area contributed by atoms with Crippen molar-refractivity contribution in [3.05, 3.63) is 66.3 Å². The summed E-state index contributed by atoms with van der Waals surface area (Å²) in [7, 11) is 1.34. The van der Waals surface area contributed by atoms with Crippen LogP contribution in [0.2, 0.25) is 0 Å². The molecule has 0 saturated heterocycles. The van der Waals surface area contributed by atoms with E-state index in [9.17, 15) is 18.0 Å². The van der Waals surface area contributed by atoms with Gasteiger partial charge in [-0.25, -0.2) is 4.99 Å². The fourth-order valence-corrected chi connectivity index (χ4v) is 3.42. The molecule has 0 fully saturated rings. The first-order chi connectivity index (χ1) is 11.8. The number of likely N-dealkylation sites (N-methyl/N-ethyl adjacent to an activating group) is 1. The molecule has 25 heavy (non-hydrogen) atoms. The normalized spacial score (nSPS) is 18.6. The molecule has 1 heterocycles. The summed E-state index contributed by atoms with van der Waals surface area (Å²) in [6, 6.07) is 10.8. The minimum atomic E-state index is -4.61. The zero-order valence-corrected chi connectivity index (χ0v) is 13.2. The van der Waals surface area contributed by atoms with E-state index >= 15 is 0 Å². The van der Waals surface area contributed by atoms with E-state index in [0.717, 1.165) is 10.3 Å². The van der Waals surface area contributed by atoms with Gasteiger partial charge >= 0.3 is 6.18 Å². The number of fused-ring (bicyclic) bond motifs is 4. The van der Waals surface area contributed by atoms with E-state index in [-0.39, 0.29) is 11.5 Å². The first kappa shape index (κ1) is 15.6. The average Bonchev–Trinajstić information content (AvgIpc) is 2.58. The van der Waals surface area contributed by atoms with E-state index < -0.39 is 17.6 Å². The number of alkyl halides is 3. The Morgan fingerprint density at radius 3 is 2.40 bits per heavy atom.